The van der Waals surface area contributed by atoms with Crippen LogP contribution in [0, 0.1) is 5.92 Å². The first-order valence-corrected chi connectivity index (χ1v) is 8.78. The monoisotopic (exact) mass is 299 g/mol. The Labute approximate surface area is 122 Å². The summed E-state index contributed by atoms with van der Waals surface area (Å²) < 4.78 is 29.8. The minimum absolute atomic E-state index is 0.0966. The smallest absolute Gasteiger partial charge is 0.152 e. The quantitative estimate of drug-likeness (QED) is 0.801. The molecular formula is C15H25NO3S. The van der Waals surface area contributed by atoms with Crippen molar-refractivity contribution in [1.82, 2.24) is 5.32 Å². The Kier molecular flexibility index (Phi) is 6.49. The molecule has 0 heterocycles. The molecule has 0 aromatic heterocycles. The second-order valence-corrected chi connectivity index (χ2v) is 7.48. The number of nitrogens with one attached hydrogen (secondary N) is 1. The number of ether oxygens (including phenoxy) is 1. The summed E-state index contributed by atoms with van der Waals surface area (Å²) in [5.41, 5.74) is 0.893. The SMILES string of the molecule is CCNC(CS(=O)(=O)CC(C)C)c1ccccc1OC. The highest BCUT2D eigenvalue weighted by atomic mass is 32.2. The first-order valence-electron chi connectivity index (χ1n) is 6.96. The second-order valence-electron chi connectivity index (χ2n) is 5.32. The summed E-state index contributed by atoms with van der Waals surface area (Å²) in [6, 6.07) is 7.32. The lowest BCUT2D eigenvalue weighted by Crippen LogP contribution is -2.30. The fourth-order valence-corrected chi connectivity index (χ4v) is 4.25. The number of benzene rings is 1. The van der Waals surface area contributed by atoms with Crippen molar-refractivity contribution in [3.05, 3.63) is 29.8 Å². The van der Waals surface area contributed by atoms with Crippen LogP contribution in [0.2, 0.25) is 0 Å². The maximum absolute atomic E-state index is 12.2. The average Bonchev–Trinajstić information content (AvgIpc) is 2.36. The van der Waals surface area contributed by atoms with Crippen LogP contribution >= 0.6 is 0 Å². The molecule has 0 aliphatic rings. The Morgan fingerprint density at radius 1 is 1.20 bits per heavy atom. The lowest BCUT2D eigenvalue weighted by molar-refractivity contribution is 0.402. The zero-order valence-corrected chi connectivity index (χ0v) is 13.5. The molecule has 1 rings (SSSR count). The van der Waals surface area contributed by atoms with Crippen molar-refractivity contribution in [1.29, 1.82) is 0 Å². The van der Waals surface area contributed by atoms with Crippen LogP contribution in [0.4, 0.5) is 0 Å². The molecule has 0 aliphatic heterocycles. The molecule has 1 aromatic carbocycles. The highest BCUT2D eigenvalue weighted by Crippen LogP contribution is 2.26. The van der Waals surface area contributed by atoms with Gasteiger partial charge in [-0.05, 0) is 18.5 Å². The van der Waals surface area contributed by atoms with Gasteiger partial charge in [0.2, 0.25) is 0 Å². The van der Waals surface area contributed by atoms with E-state index in [9.17, 15) is 8.42 Å². The van der Waals surface area contributed by atoms with E-state index >= 15 is 0 Å². The molecule has 0 bridgehead atoms. The number of rotatable bonds is 8. The summed E-state index contributed by atoms with van der Waals surface area (Å²) in [5, 5.41) is 3.24. The number of methoxy groups -OCH3 is 1. The van der Waals surface area contributed by atoms with Crippen molar-refractivity contribution in [2.45, 2.75) is 26.8 Å². The summed E-state index contributed by atoms with van der Waals surface area (Å²) in [6.07, 6.45) is 0. The fourth-order valence-electron chi connectivity index (χ4n) is 2.29. The summed E-state index contributed by atoms with van der Waals surface area (Å²) in [5.74, 6) is 1.17. The van der Waals surface area contributed by atoms with Gasteiger partial charge in [0.15, 0.2) is 9.84 Å². The minimum Gasteiger partial charge on any atom is -0.496 e. The maximum Gasteiger partial charge on any atom is 0.152 e. The fraction of sp³-hybridized carbons (Fsp3) is 0.600. The van der Waals surface area contributed by atoms with Crippen molar-refractivity contribution in [3.63, 3.8) is 0 Å². The van der Waals surface area contributed by atoms with Gasteiger partial charge in [0.25, 0.3) is 0 Å². The summed E-state index contributed by atoms with van der Waals surface area (Å²) in [6.45, 7) is 6.52. The Bertz CT molecular complexity index is 512. The first kappa shape index (κ1) is 17.0. The van der Waals surface area contributed by atoms with Gasteiger partial charge >= 0.3 is 0 Å². The van der Waals surface area contributed by atoms with Crippen LogP contribution in [0.3, 0.4) is 0 Å². The molecule has 5 heteroatoms. The summed E-state index contributed by atoms with van der Waals surface area (Å²) >= 11 is 0. The van der Waals surface area contributed by atoms with Gasteiger partial charge in [-0.2, -0.15) is 0 Å². The van der Waals surface area contributed by atoms with Gasteiger partial charge in [-0.15, -0.1) is 0 Å². The average molecular weight is 299 g/mol. The molecule has 1 aromatic rings. The van der Waals surface area contributed by atoms with Crippen LogP contribution in [0.1, 0.15) is 32.4 Å². The zero-order chi connectivity index (χ0) is 15.2. The van der Waals surface area contributed by atoms with Gasteiger partial charge in [-0.3, -0.25) is 0 Å². The topological polar surface area (TPSA) is 55.4 Å². The molecule has 0 aliphatic carbocycles. The lowest BCUT2D eigenvalue weighted by Gasteiger charge is -2.21. The number of sulfone groups is 1. The van der Waals surface area contributed by atoms with E-state index in [0.717, 1.165) is 11.3 Å². The highest BCUT2D eigenvalue weighted by molar-refractivity contribution is 7.91. The van der Waals surface area contributed by atoms with Crippen molar-refractivity contribution < 1.29 is 13.2 Å². The minimum atomic E-state index is -3.09. The third kappa shape index (κ3) is 5.13. The van der Waals surface area contributed by atoms with Crippen LogP contribution in [-0.2, 0) is 9.84 Å². The number of para-hydroxylation sites is 1. The molecule has 0 fully saturated rings. The molecule has 0 spiro atoms. The first-order chi connectivity index (χ1) is 9.39. The summed E-state index contributed by atoms with van der Waals surface area (Å²) in [4.78, 5) is 0. The molecule has 0 amide bonds. The number of hydrogen-bond acceptors (Lipinski definition) is 4. The lowest BCUT2D eigenvalue weighted by atomic mass is 10.1. The van der Waals surface area contributed by atoms with Crippen LogP contribution in [-0.4, -0.2) is 33.6 Å². The van der Waals surface area contributed by atoms with Gasteiger partial charge in [-0.1, -0.05) is 39.0 Å². The standard InChI is InChI=1S/C15H25NO3S/c1-5-16-14(11-20(17,18)10-12(2)3)13-8-6-7-9-15(13)19-4/h6-9,12,14,16H,5,10-11H2,1-4H3. The molecule has 1 atom stereocenters. The van der Waals surface area contributed by atoms with Crippen molar-refractivity contribution in [3.8, 4) is 5.75 Å². The van der Waals surface area contributed by atoms with Crippen LogP contribution in [0.15, 0.2) is 24.3 Å². The Morgan fingerprint density at radius 2 is 1.85 bits per heavy atom. The Balaban J connectivity index is 3.00. The summed E-state index contributed by atoms with van der Waals surface area (Å²) in [7, 11) is -1.49. The van der Waals surface area contributed by atoms with Crippen molar-refractivity contribution >= 4 is 9.84 Å². The molecule has 20 heavy (non-hydrogen) atoms. The molecule has 4 nitrogen and oxygen atoms in total. The van der Waals surface area contributed by atoms with Crippen LogP contribution in [0.5, 0.6) is 5.75 Å². The van der Waals surface area contributed by atoms with Crippen molar-refractivity contribution in [2.24, 2.45) is 5.92 Å². The van der Waals surface area contributed by atoms with Crippen LogP contribution < -0.4 is 10.1 Å². The van der Waals surface area contributed by atoms with E-state index in [1.807, 2.05) is 45.0 Å². The van der Waals surface area contributed by atoms with Gasteiger partial charge < -0.3 is 10.1 Å². The molecular weight excluding hydrogens is 274 g/mol. The predicted molar refractivity (Wildman–Crippen MR) is 82.9 cm³/mol. The largest absolute Gasteiger partial charge is 0.496 e. The zero-order valence-electron chi connectivity index (χ0n) is 12.7. The normalized spacial score (nSPS) is 13.4. The molecule has 1 N–H and O–H groups in total. The van der Waals surface area contributed by atoms with E-state index in [2.05, 4.69) is 5.32 Å². The third-order valence-corrected chi connectivity index (χ3v) is 4.99. The van der Waals surface area contributed by atoms with E-state index in [-0.39, 0.29) is 23.5 Å². The maximum atomic E-state index is 12.2. The third-order valence-electron chi connectivity index (χ3n) is 2.97. The number of hydrogen-bond donors (Lipinski definition) is 1. The van der Waals surface area contributed by atoms with Gasteiger partial charge in [0.1, 0.15) is 5.75 Å². The molecule has 0 saturated carbocycles. The van der Waals surface area contributed by atoms with E-state index < -0.39 is 9.84 Å². The molecule has 0 saturated heterocycles. The molecule has 0 radical (unpaired) electrons. The predicted octanol–water partition coefficient (Wildman–Crippen LogP) is 2.42. The molecule has 114 valence electrons. The van der Waals surface area contributed by atoms with E-state index in [0.29, 0.717) is 6.54 Å². The highest BCUT2D eigenvalue weighted by Gasteiger charge is 2.23. The Morgan fingerprint density at radius 3 is 2.40 bits per heavy atom. The molecule has 1 unspecified atom stereocenters. The van der Waals surface area contributed by atoms with Crippen molar-refractivity contribution in [2.75, 3.05) is 25.2 Å². The van der Waals surface area contributed by atoms with Gasteiger partial charge in [0, 0.05) is 11.6 Å². The van der Waals surface area contributed by atoms with Crippen LogP contribution in [0.25, 0.3) is 0 Å². The van der Waals surface area contributed by atoms with Gasteiger partial charge in [-0.25, -0.2) is 8.42 Å². The van der Waals surface area contributed by atoms with E-state index in [1.165, 1.54) is 0 Å². The Hall–Kier alpha value is -1.07. The van der Waals surface area contributed by atoms with E-state index in [1.54, 1.807) is 7.11 Å². The van der Waals surface area contributed by atoms with E-state index in [4.69, 9.17) is 4.74 Å². The van der Waals surface area contributed by atoms with Gasteiger partial charge in [0.05, 0.1) is 18.6 Å². The second kappa shape index (κ2) is 7.64.